The highest BCUT2D eigenvalue weighted by Crippen LogP contribution is 2.42. The van der Waals surface area contributed by atoms with Crippen molar-refractivity contribution >= 4 is 67.9 Å². The first-order chi connectivity index (χ1) is 24.5. The predicted octanol–water partition coefficient (Wildman–Crippen LogP) is 9.13. The molecule has 51 heavy (non-hydrogen) atoms. The molecule has 0 spiro atoms. The molecule has 5 atom stereocenters. The Bertz CT molecular complexity index is 2000. The molecule has 6 heterocycles. The van der Waals surface area contributed by atoms with Gasteiger partial charge in [0.2, 0.25) is 0 Å². The number of aromatic amines is 2. The van der Waals surface area contributed by atoms with Gasteiger partial charge in [0, 0.05) is 75.9 Å². The number of aromatic nitrogens is 4. The van der Waals surface area contributed by atoms with Gasteiger partial charge in [-0.3, -0.25) is 9.78 Å². The number of nitrogens with zero attached hydrogens (tertiary/aromatic N) is 2. The summed E-state index contributed by atoms with van der Waals surface area (Å²) >= 11 is 3.07. The lowest BCUT2D eigenvalue weighted by molar-refractivity contribution is -0.111. The Balaban J connectivity index is 1.27. The molecule has 3 aliphatic rings. The van der Waals surface area contributed by atoms with Crippen LogP contribution in [0.4, 0.5) is 0 Å². The smallest absolute Gasteiger partial charge is 0.188 e. The Morgan fingerprint density at radius 1 is 1.00 bits per heavy atom. The Labute approximate surface area is 310 Å². The van der Waals surface area contributed by atoms with E-state index in [0.29, 0.717) is 19.3 Å². The van der Waals surface area contributed by atoms with Crippen molar-refractivity contribution in [2.24, 2.45) is 0 Å². The molecular formula is C41H52N4O4S2. The number of H-pyrrole nitrogens is 2. The van der Waals surface area contributed by atoms with Gasteiger partial charge < -0.3 is 24.9 Å². The minimum absolute atomic E-state index is 0.0714. The summed E-state index contributed by atoms with van der Waals surface area (Å²) in [7, 11) is 0. The van der Waals surface area contributed by atoms with Crippen molar-refractivity contribution in [3.05, 3.63) is 75.9 Å². The number of carbonyl (C=O) groups excluding carboxylic acids is 1. The highest BCUT2D eigenvalue weighted by atomic mass is 32.2. The fraction of sp³-hybridized carbons (Fsp3) is 0.488. The first-order valence-electron chi connectivity index (χ1n) is 18.3. The quantitative estimate of drug-likeness (QED) is 0.144. The summed E-state index contributed by atoms with van der Waals surface area (Å²) in [6.07, 6.45) is 5.23. The van der Waals surface area contributed by atoms with Gasteiger partial charge in [-0.2, -0.15) is 0 Å². The molecule has 0 aromatic carbocycles. The molecular weight excluding hydrogens is 677 g/mol. The molecule has 3 aliphatic heterocycles. The fourth-order valence-electron chi connectivity index (χ4n) is 7.65. The maximum Gasteiger partial charge on any atom is 0.188 e. The topological polar surface area (TPSA) is 124 Å². The first-order valence-corrected chi connectivity index (χ1v) is 20.3. The second kappa shape index (κ2) is 16.3. The largest absolute Gasteiger partial charge is 0.394 e. The van der Waals surface area contributed by atoms with Gasteiger partial charge in [0.15, 0.2) is 5.12 Å². The van der Waals surface area contributed by atoms with E-state index in [1.54, 1.807) is 11.8 Å². The van der Waals surface area contributed by atoms with Crippen molar-refractivity contribution in [3.63, 3.8) is 0 Å². The van der Waals surface area contributed by atoms with Crippen LogP contribution in [0.15, 0.2) is 30.8 Å². The average molecular weight is 729 g/mol. The number of ether oxygens (including phenoxy) is 1. The van der Waals surface area contributed by atoms with Crippen molar-refractivity contribution in [2.75, 3.05) is 18.1 Å². The molecule has 8 nitrogen and oxygen atoms in total. The first kappa shape index (κ1) is 37.6. The molecule has 272 valence electrons. The lowest BCUT2D eigenvalue weighted by Gasteiger charge is -2.31. The molecule has 0 radical (unpaired) electrons. The zero-order valence-corrected chi connectivity index (χ0v) is 32.4. The summed E-state index contributed by atoms with van der Waals surface area (Å²) in [5.41, 5.74) is 14.9. The van der Waals surface area contributed by atoms with Crippen LogP contribution in [0.1, 0.15) is 116 Å². The Hall–Kier alpha value is -3.15. The Morgan fingerprint density at radius 3 is 2.49 bits per heavy atom. The number of carbonyl (C=O) groups is 1. The van der Waals surface area contributed by atoms with Crippen molar-refractivity contribution < 1.29 is 19.7 Å². The van der Waals surface area contributed by atoms with E-state index >= 15 is 0 Å². The maximum absolute atomic E-state index is 13.2. The minimum Gasteiger partial charge on any atom is -0.394 e. The number of allylic oxidation sites excluding steroid dienone is 2. The lowest BCUT2D eigenvalue weighted by Crippen LogP contribution is -2.36. The molecule has 0 unspecified atom stereocenters. The van der Waals surface area contributed by atoms with Crippen molar-refractivity contribution in [2.45, 2.75) is 110 Å². The lowest BCUT2D eigenvalue weighted by atomic mass is 9.86. The minimum atomic E-state index is -0.434. The third-order valence-corrected chi connectivity index (χ3v) is 13.0. The monoisotopic (exact) mass is 728 g/mol. The van der Waals surface area contributed by atoms with E-state index in [4.69, 9.17) is 14.7 Å². The van der Waals surface area contributed by atoms with Crippen LogP contribution in [-0.2, 0) is 9.53 Å². The molecule has 3 aromatic rings. The van der Waals surface area contributed by atoms with Crippen molar-refractivity contribution in [1.82, 2.24) is 19.9 Å². The van der Waals surface area contributed by atoms with E-state index < -0.39 is 6.10 Å². The van der Waals surface area contributed by atoms with Crippen LogP contribution >= 0.6 is 23.5 Å². The van der Waals surface area contributed by atoms with Crippen LogP contribution in [0.3, 0.4) is 0 Å². The van der Waals surface area contributed by atoms with E-state index in [2.05, 4.69) is 82.4 Å². The number of hydrogen-bond acceptors (Lipinski definition) is 8. The number of aliphatic hydroxyl groups excluding tert-OH is 2. The third kappa shape index (κ3) is 8.10. The standard InChI is InChI=1S/C41H52N4O4S2/c1-8-29-24(5)35-20-38-30(9-2)23(4)34(43-38)19-36-25(6)31(41(45-36)26(7)33-15-22(3)32(42-33)18-37(29)44-35)11-12-39(48)50-13-10-14-51-40-17-27(47)16-28(21-46)49-40/h9,15,18-20,25,27-28,31,40,42-43,46-47H,2,8,10-14,16-17,21H2,1,3-7H3/t25-,27-,28-,31-,40-/m0/s1. The van der Waals surface area contributed by atoms with E-state index in [0.717, 1.165) is 97.9 Å². The second-order valence-corrected chi connectivity index (χ2v) is 16.6. The van der Waals surface area contributed by atoms with Gasteiger partial charge in [0.1, 0.15) is 5.44 Å². The van der Waals surface area contributed by atoms with E-state index in [9.17, 15) is 15.0 Å². The van der Waals surface area contributed by atoms with Crippen LogP contribution in [0.2, 0.25) is 0 Å². The third-order valence-electron chi connectivity index (χ3n) is 10.7. The summed E-state index contributed by atoms with van der Waals surface area (Å²) in [5.74, 6) is 1.83. The number of hydrogen-bond donors (Lipinski definition) is 4. The SMILES string of the molecule is C=Cc1c(C)c2cc3nc(c(C)c4cc(C)c(cc5nc(cc1[nH]2)C(C)=C5CC)[nH]4)[C@@H](CCC(=O)SCCCS[C@H]1C[C@@H](O)C[C@@H](CO)O1)[C@@H]3C. The van der Waals surface area contributed by atoms with Gasteiger partial charge >= 0.3 is 0 Å². The van der Waals surface area contributed by atoms with Crippen LogP contribution in [0.5, 0.6) is 0 Å². The highest BCUT2D eigenvalue weighted by Gasteiger charge is 2.31. The molecule has 4 N–H and O–H groups in total. The molecule has 6 rings (SSSR count). The maximum atomic E-state index is 13.2. The molecule has 0 aliphatic carbocycles. The zero-order valence-electron chi connectivity index (χ0n) is 30.8. The van der Waals surface area contributed by atoms with E-state index in [1.165, 1.54) is 22.9 Å². The summed E-state index contributed by atoms with van der Waals surface area (Å²) in [4.78, 5) is 31.0. The Morgan fingerprint density at radius 2 is 1.75 bits per heavy atom. The molecule has 10 heteroatoms. The zero-order chi connectivity index (χ0) is 36.4. The number of aryl methyl sites for hydroxylation is 3. The van der Waals surface area contributed by atoms with Gasteiger partial charge in [0.05, 0.1) is 30.2 Å². The number of thioether (sulfide) groups is 2. The number of fused-ring (bicyclic) bond motifs is 8. The van der Waals surface area contributed by atoms with Gasteiger partial charge in [0.25, 0.3) is 0 Å². The molecule has 8 bridgehead atoms. The Kier molecular flexibility index (Phi) is 12.0. The van der Waals surface area contributed by atoms with Gasteiger partial charge in [-0.05, 0) is 105 Å². The van der Waals surface area contributed by atoms with E-state index in [-0.39, 0.29) is 35.1 Å². The van der Waals surface area contributed by atoms with Gasteiger partial charge in [-0.1, -0.05) is 38.3 Å². The van der Waals surface area contributed by atoms with Gasteiger partial charge in [-0.15, -0.1) is 11.8 Å². The highest BCUT2D eigenvalue weighted by molar-refractivity contribution is 8.13. The summed E-state index contributed by atoms with van der Waals surface area (Å²) in [5, 5.41) is 19.7. The number of nitrogens with one attached hydrogen (secondary N) is 2. The van der Waals surface area contributed by atoms with Crippen molar-refractivity contribution in [3.8, 4) is 0 Å². The fourth-order valence-corrected chi connectivity index (χ4v) is 9.78. The summed E-state index contributed by atoms with van der Waals surface area (Å²) in [6, 6.07) is 8.71. The molecule has 0 saturated carbocycles. The molecule has 0 amide bonds. The average Bonchev–Trinajstić information content (AvgIpc) is 3.81. The number of aliphatic hydroxyl groups is 2. The summed E-state index contributed by atoms with van der Waals surface area (Å²) in [6.45, 7) is 17.1. The predicted molar refractivity (Wildman–Crippen MR) is 214 cm³/mol. The van der Waals surface area contributed by atoms with Gasteiger partial charge in [-0.25, -0.2) is 4.98 Å². The summed E-state index contributed by atoms with van der Waals surface area (Å²) < 4.78 is 5.86. The molecule has 3 aromatic heterocycles. The molecule has 1 fully saturated rings. The van der Waals surface area contributed by atoms with Crippen molar-refractivity contribution in [1.29, 1.82) is 0 Å². The van der Waals surface area contributed by atoms with Crippen LogP contribution in [0, 0.1) is 20.8 Å². The number of rotatable bonds is 11. The van der Waals surface area contributed by atoms with Crippen LogP contribution < -0.4 is 0 Å². The molecule has 1 saturated heterocycles. The normalized spacial score (nSPS) is 22.1. The van der Waals surface area contributed by atoms with Crippen LogP contribution in [-0.4, -0.2) is 71.0 Å². The van der Waals surface area contributed by atoms with Crippen LogP contribution in [0.25, 0.3) is 39.3 Å². The second-order valence-electron chi connectivity index (χ2n) is 14.2. The van der Waals surface area contributed by atoms with E-state index in [1.807, 2.05) is 6.08 Å².